The summed E-state index contributed by atoms with van der Waals surface area (Å²) >= 11 is 0. The Morgan fingerprint density at radius 3 is 2.93 bits per heavy atom. The molecule has 5 aromatic rings. The van der Waals surface area contributed by atoms with Crippen molar-refractivity contribution >= 4 is 16.6 Å². The number of methoxy groups -OCH3 is 1. The molecule has 0 N–H and O–H groups in total. The zero-order valence-corrected chi connectivity index (χ0v) is 14.8. The number of fused-ring (bicyclic) bond motifs is 2. The summed E-state index contributed by atoms with van der Waals surface area (Å²) in [6, 6.07) is 11.2. The number of hydrogen-bond donors (Lipinski definition) is 0. The van der Waals surface area contributed by atoms with Crippen molar-refractivity contribution < 1.29 is 14.0 Å². The van der Waals surface area contributed by atoms with E-state index in [4.69, 9.17) is 14.0 Å². The molecule has 28 heavy (non-hydrogen) atoms. The SMILES string of the molecule is COCOc1ccc2nc(-c3noc(-c4cc5nccn5cn4)n3)ccc2c1. The van der Waals surface area contributed by atoms with Crippen molar-refractivity contribution in [2.45, 2.75) is 0 Å². The quantitative estimate of drug-likeness (QED) is 0.433. The van der Waals surface area contributed by atoms with Gasteiger partial charge in [-0.05, 0) is 24.3 Å². The fourth-order valence-corrected chi connectivity index (χ4v) is 2.81. The Morgan fingerprint density at radius 2 is 2.00 bits per heavy atom. The van der Waals surface area contributed by atoms with Crippen molar-refractivity contribution in [3.63, 3.8) is 0 Å². The van der Waals surface area contributed by atoms with Crippen molar-refractivity contribution in [3.8, 4) is 28.9 Å². The molecule has 9 nitrogen and oxygen atoms in total. The van der Waals surface area contributed by atoms with E-state index >= 15 is 0 Å². The molecule has 0 amide bonds. The van der Waals surface area contributed by atoms with Crippen LogP contribution in [0.4, 0.5) is 0 Å². The average molecular weight is 374 g/mol. The third-order valence-electron chi connectivity index (χ3n) is 4.16. The Bertz CT molecular complexity index is 1280. The molecule has 4 heterocycles. The summed E-state index contributed by atoms with van der Waals surface area (Å²) in [5.74, 6) is 1.42. The van der Waals surface area contributed by atoms with Gasteiger partial charge in [-0.25, -0.2) is 15.0 Å². The maximum Gasteiger partial charge on any atom is 0.277 e. The van der Waals surface area contributed by atoms with Gasteiger partial charge in [0.25, 0.3) is 5.89 Å². The van der Waals surface area contributed by atoms with Gasteiger partial charge in [0.1, 0.15) is 29.1 Å². The minimum atomic E-state index is 0.196. The molecule has 0 fully saturated rings. The van der Waals surface area contributed by atoms with Crippen LogP contribution in [0.15, 0.2) is 59.6 Å². The Kier molecular flexibility index (Phi) is 3.91. The molecule has 0 saturated heterocycles. The average Bonchev–Trinajstić information content (AvgIpc) is 3.40. The molecule has 5 rings (SSSR count). The van der Waals surface area contributed by atoms with Gasteiger partial charge in [-0.15, -0.1) is 0 Å². The molecular formula is C19H14N6O3. The summed E-state index contributed by atoms with van der Waals surface area (Å²) in [5, 5.41) is 4.98. The molecular weight excluding hydrogens is 360 g/mol. The van der Waals surface area contributed by atoms with Crippen LogP contribution in [0.3, 0.4) is 0 Å². The maximum absolute atomic E-state index is 5.45. The van der Waals surface area contributed by atoms with Gasteiger partial charge in [-0.3, -0.25) is 4.40 Å². The highest BCUT2D eigenvalue weighted by Gasteiger charge is 2.14. The fourth-order valence-electron chi connectivity index (χ4n) is 2.81. The molecule has 0 aliphatic rings. The van der Waals surface area contributed by atoms with Gasteiger partial charge in [0.2, 0.25) is 5.82 Å². The fraction of sp³-hybridized carbons (Fsp3) is 0.105. The van der Waals surface area contributed by atoms with Gasteiger partial charge in [-0.2, -0.15) is 4.98 Å². The number of benzene rings is 1. The monoisotopic (exact) mass is 374 g/mol. The number of imidazole rings is 1. The number of hydrogen-bond acceptors (Lipinski definition) is 8. The lowest BCUT2D eigenvalue weighted by molar-refractivity contribution is 0.0512. The highest BCUT2D eigenvalue weighted by molar-refractivity contribution is 5.82. The summed E-state index contributed by atoms with van der Waals surface area (Å²) < 4.78 is 17.5. The summed E-state index contributed by atoms with van der Waals surface area (Å²) in [4.78, 5) is 17.6. The topological polar surface area (TPSA) is 100 Å². The number of pyridine rings is 1. The maximum atomic E-state index is 5.45. The second-order valence-electron chi connectivity index (χ2n) is 5.99. The van der Waals surface area contributed by atoms with Gasteiger partial charge in [0.05, 0.1) is 5.52 Å². The molecule has 138 valence electrons. The molecule has 0 saturated carbocycles. The third kappa shape index (κ3) is 2.93. The molecule has 9 heteroatoms. The molecule has 4 aromatic heterocycles. The van der Waals surface area contributed by atoms with Gasteiger partial charge < -0.3 is 14.0 Å². The van der Waals surface area contributed by atoms with Gasteiger partial charge in [0.15, 0.2) is 6.79 Å². The van der Waals surface area contributed by atoms with E-state index in [1.165, 1.54) is 0 Å². The largest absolute Gasteiger partial charge is 0.468 e. The summed E-state index contributed by atoms with van der Waals surface area (Å²) in [6.07, 6.45) is 5.17. The van der Waals surface area contributed by atoms with E-state index in [1.54, 1.807) is 30.1 Å². The van der Waals surface area contributed by atoms with Crippen LogP contribution >= 0.6 is 0 Å². The van der Waals surface area contributed by atoms with Crippen LogP contribution in [-0.2, 0) is 4.74 Å². The van der Waals surface area contributed by atoms with Crippen LogP contribution in [0, 0.1) is 0 Å². The van der Waals surface area contributed by atoms with Crippen LogP contribution in [-0.4, -0.2) is 43.4 Å². The molecule has 0 radical (unpaired) electrons. The number of aromatic nitrogens is 6. The standard InChI is InChI=1S/C19H14N6O3/c1-26-11-27-13-3-5-14-12(8-13)2-4-15(22-14)18-23-19(28-24-18)16-9-17-20-6-7-25(17)10-21-16/h2-10H,11H2,1H3. The normalized spacial score (nSPS) is 11.3. The number of ether oxygens (including phenoxy) is 2. The summed E-state index contributed by atoms with van der Waals surface area (Å²) in [7, 11) is 1.58. The predicted octanol–water partition coefficient (Wildman–Crippen LogP) is 2.98. The van der Waals surface area contributed by atoms with Crippen LogP contribution in [0.2, 0.25) is 0 Å². The molecule has 0 spiro atoms. The Labute approximate surface area is 158 Å². The lowest BCUT2D eigenvalue weighted by Gasteiger charge is -2.06. The Balaban J connectivity index is 1.46. The Hall–Kier alpha value is -3.85. The molecule has 0 bridgehead atoms. The van der Waals surface area contributed by atoms with E-state index < -0.39 is 0 Å². The van der Waals surface area contributed by atoms with Gasteiger partial charge in [0, 0.05) is 31.0 Å². The summed E-state index contributed by atoms with van der Waals surface area (Å²) in [6.45, 7) is 0.196. The van der Waals surface area contributed by atoms with E-state index in [2.05, 4.69) is 25.1 Å². The molecule has 0 unspecified atom stereocenters. The molecule has 0 aliphatic carbocycles. The number of nitrogens with zero attached hydrogens (tertiary/aromatic N) is 6. The first kappa shape index (κ1) is 16.3. The molecule has 0 aliphatic heterocycles. The minimum absolute atomic E-state index is 0.196. The molecule has 0 atom stereocenters. The van der Waals surface area contributed by atoms with Crippen molar-refractivity contribution in [1.29, 1.82) is 0 Å². The van der Waals surface area contributed by atoms with E-state index in [-0.39, 0.29) is 6.79 Å². The number of rotatable bonds is 5. The van der Waals surface area contributed by atoms with E-state index in [0.717, 1.165) is 16.6 Å². The van der Waals surface area contributed by atoms with Crippen molar-refractivity contribution in [2.75, 3.05) is 13.9 Å². The smallest absolute Gasteiger partial charge is 0.277 e. The Morgan fingerprint density at radius 1 is 1.04 bits per heavy atom. The lowest BCUT2D eigenvalue weighted by atomic mass is 10.2. The van der Waals surface area contributed by atoms with Crippen molar-refractivity contribution in [2.24, 2.45) is 0 Å². The lowest BCUT2D eigenvalue weighted by Crippen LogP contribution is -1.98. The first-order valence-corrected chi connectivity index (χ1v) is 8.46. The van der Waals surface area contributed by atoms with E-state index in [0.29, 0.717) is 28.9 Å². The van der Waals surface area contributed by atoms with Crippen LogP contribution in [0.1, 0.15) is 0 Å². The summed E-state index contributed by atoms with van der Waals surface area (Å²) in [5.41, 5.74) is 2.71. The molecule has 1 aromatic carbocycles. The zero-order chi connectivity index (χ0) is 18.9. The zero-order valence-electron chi connectivity index (χ0n) is 14.8. The second kappa shape index (κ2) is 6.71. The van der Waals surface area contributed by atoms with Crippen molar-refractivity contribution in [3.05, 3.63) is 55.1 Å². The van der Waals surface area contributed by atoms with E-state index in [9.17, 15) is 0 Å². The van der Waals surface area contributed by atoms with Crippen LogP contribution in [0.25, 0.3) is 39.7 Å². The minimum Gasteiger partial charge on any atom is -0.468 e. The highest BCUT2D eigenvalue weighted by atomic mass is 16.7. The van der Waals surface area contributed by atoms with Crippen molar-refractivity contribution in [1.82, 2.24) is 29.5 Å². The van der Waals surface area contributed by atoms with Gasteiger partial charge >= 0.3 is 0 Å². The van der Waals surface area contributed by atoms with Crippen LogP contribution in [0.5, 0.6) is 5.75 Å². The van der Waals surface area contributed by atoms with Crippen LogP contribution < -0.4 is 4.74 Å². The third-order valence-corrected chi connectivity index (χ3v) is 4.16. The highest BCUT2D eigenvalue weighted by Crippen LogP contribution is 2.24. The first-order valence-electron chi connectivity index (χ1n) is 8.46. The predicted molar refractivity (Wildman–Crippen MR) is 99.5 cm³/mol. The van der Waals surface area contributed by atoms with Gasteiger partial charge in [-0.1, -0.05) is 11.2 Å². The van der Waals surface area contributed by atoms with E-state index in [1.807, 2.05) is 36.5 Å². The second-order valence-corrected chi connectivity index (χ2v) is 5.99. The first-order chi connectivity index (χ1) is 13.8.